The van der Waals surface area contributed by atoms with Crippen LogP contribution in [0.2, 0.25) is 0 Å². The van der Waals surface area contributed by atoms with Crippen molar-refractivity contribution in [1.29, 1.82) is 0 Å². The number of anilines is 2. The van der Waals surface area contributed by atoms with Gasteiger partial charge in [-0.15, -0.1) is 0 Å². The number of ether oxygens (including phenoxy) is 1. The normalized spacial score (nSPS) is 22.3. The molecule has 0 radical (unpaired) electrons. The molecule has 19 heavy (non-hydrogen) atoms. The Hall–Kier alpha value is -1.82. The number of nitrogen functional groups attached to an aromatic ring is 1. The Morgan fingerprint density at radius 1 is 1.53 bits per heavy atom. The molecule has 0 aliphatic carbocycles. The topological polar surface area (TPSA) is 81.6 Å². The minimum absolute atomic E-state index is 0.0516. The van der Waals surface area contributed by atoms with Gasteiger partial charge in [0.25, 0.3) is 5.69 Å². The first-order chi connectivity index (χ1) is 8.78. The van der Waals surface area contributed by atoms with Gasteiger partial charge in [-0.1, -0.05) is 0 Å². The third-order valence-corrected chi connectivity index (χ3v) is 3.14. The van der Waals surface area contributed by atoms with E-state index in [-0.39, 0.29) is 23.1 Å². The van der Waals surface area contributed by atoms with E-state index in [1.54, 1.807) is 12.1 Å². The van der Waals surface area contributed by atoms with Crippen LogP contribution >= 0.6 is 0 Å². The number of nitro groups is 1. The summed E-state index contributed by atoms with van der Waals surface area (Å²) in [6, 6.07) is 4.85. The van der Waals surface area contributed by atoms with Crippen molar-refractivity contribution in [3.63, 3.8) is 0 Å². The quantitative estimate of drug-likeness (QED) is 0.503. The van der Waals surface area contributed by atoms with E-state index in [1.807, 2.05) is 20.8 Å². The Morgan fingerprint density at radius 3 is 2.74 bits per heavy atom. The first kappa shape index (κ1) is 13.6. The van der Waals surface area contributed by atoms with Gasteiger partial charge in [-0.2, -0.15) is 0 Å². The molecular formula is C13H19N3O3. The first-order valence-corrected chi connectivity index (χ1v) is 6.25. The highest BCUT2D eigenvalue weighted by atomic mass is 16.6. The highest BCUT2D eigenvalue weighted by Gasteiger charge is 2.31. The van der Waals surface area contributed by atoms with E-state index >= 15 is 0 Å². The molecule has 1 aliphatic heterocycles. The smallest absolute Gasteiger partial charge is 0.292 e. The molecule has 2 rings (SSSR count). The highest BCUT2D eigenvalue weighted by molar-refractivity contribution is 5.66. The zero-order chi connectivity index (χ0) is 14.2. The van der Waals surface area contributed by atoms with E-state index < -0.39 is 4.92 Å². The van der Waals surface area contributed by atoms with Gasteiger partial charge >= 0.3 is 0 Å². The number of hydrogen-bond donors (Lipinski definition) is 1. The summed E-state index contributed by atoms with van der Waals surface area (Å²) in [6.45, 7) is 7.56. The van der Waals surface area contributed by atoms with Crippen LogP contribution in [-0.4, -0.2) is 29.7 Å². The van der Waals surface area contributed by atoms with E-state index in [0.29, 0.717) is 0 Å². The third kappa shape index (κ3) is 2.96. The van der Waals surface area contributed by atoms with Gasteiger partial charge < -0.3 is 15.4 Å². The van der Waals surface area contributed by atoms with E-state index in [0.717, 1.165) is 18.8 Å². The summed E-state index contributed by atoms with van der Waals surface area (Å²) < 4.78 is 5.84. The molecule has 0 amide bonds. The predicted octanol–water partition coefficient (Wildman–Crippen LogP) is 2.18. The van der Waals surface area contributed by atoms with Crippen LogP contribution in [0.3, 0.4) is 0 Å². The van der Waals surface area contributed by atoms with Gasteiger partial charge in [0.05, 0.1) is 16.6 Å². The van der Waals surface area contributed by atoms with Gasteiger partial charge in [-0.3, -0.25) is 10.1 Å². The summed E-state index contributed by atoms with van der Waals surface area (Å²) in [7, 11) is 0. The fraction of sp³-hybridized carbons (Fsp3) is 0.538. The van der Waals surface area contributed by atoms with Crippen LogP contribution in [0, 0.1) is 10.1 Å². The average Bonchev–Trinajstić information content (AvgIpc) is 2.25. The van der Waals surface area contributed by atoms with E-state index in [9.17, 15) is 10.1 Å². The molecule has 1 fully saturated rings. The number of nitrogens with two attached hydrogens (primary N) is 1. The van der Waals surface area contributed by atoms with Gasteiger partial charge in [0.15, 0.2) is 0 Å². The molecule has 0 bridgehead atoms. The van der Waals surface area contributed by atoms with Crippen molar-refractivity contribution >= 4 is 17.1 Å². The molecule has 1 atom stereocenters. The molecule has 0 saturated carbocycles. The molecule has 1 unspecified atom stereocenters. The third-order valence-electron chi connectivity index (χ3n) is 3.14. The number of morpholine rings is 1. The number of hydrogen-bond acceptors (Lipinski definition) is 5. The molecule has 1 aromatic carbocycles. The molecule has 2 N–H and O–H groups in total. The van der Waals surface area contributed by atoms with Crippen molar-refractivity contribution in [2.24, 2.45) is 0 Å². The fourth-order valence-corrected chi connectivity index (χ4v) is 2.56. The zero-order valence-corrected chi connectivity index (χ0v) is 11.4. The Bertz CT molecular complexity index is 502. The van der Waals surface area contributed by atoms with Crippen molar-refractivity contribution in [2.75, 3.05) is 23.7 Å². The lowest BCUT2D eigenvalue weighted by Crippen LogP contribution is -2.52. The summed E-state index contributed by atoms with van der Waals surface area (Å²) in [4.78, 5) is 12.4. The molecule has 104 valence electrons. The first-order valence-electron chi connectivity index (χ1n) is 6.25. The molecule has 1 saturated heterocycles. The van der Waals surface area contributed by atoms with Crippen molar-refractivity contribution in [3.8, 4) is 0 Å². The molecule has 0 aromatic heterocycles. The highest BCUT2D eigenvalue weighted by Crippen LogP contribution is 2.30. The maximum Gasteiger partial charge on any atom is 0.292 e. The van der Waals surface area contributed by atoms with Crippen LogP contribution in [0.1, 0.15) is 20.8 Å². The van der Waals surface area contributed by atoms with Crippen molar-refractivity contribution < 1.29 is 9.66 Å². The lowest BCUT2D eigenvalue weighted by atomic mass is 10.0. The summed E-state index contributed by atoms with van der Waals surface area (Å²) in [5.74, 6) is 0. The Labute approximate surface area is 112 Å². The number of rotatable bonds is 2. The largest absolute Gasteiger partial charge is 0.393 e. The minimum Gasteiger partial charge on any atom is -0.393 e. The van der Waals surface area contributed by atoms with Crippen LogP contribution in [0.15, 0.2) is 18.2 Å². The molecule has 1 heterocycles. The molecule has 6 heteroatoms. The summed E-state index contributed by atoms with van der Waals surface area (Å²) >= 11 is 0. The average molecular weight is 265 g/mol. The Kier molecular flexibility index (Phi) is 3.36. The molecule has 1 aromatic rings. The van der Waals surface area contributed by atoms with Crippen LogP contribution in [0.4, 0.5) is 17.1 Å². The lowest BCUT2D eigenvalue weighted by Gasteiger charge is -2.43. The van der Waals surface area contributed by atoms with Crippen LogP contribution in [0.25, 0.3) is 0 Å². The van der Waals surface area contributed by atoms with Crippen molar-refractivity contribution in [2.45, 2.75) is 32.5 Å². The van der Waals surface area contributed by atoms with Crippen molar-refractivity contribution in [3.05, 3.63) is 28.3 Å². The van der Waals surface area contributed by atoms with Crippen LogP contribution in [0.5, 0.6) is 0 Å². The maximum atomic E-state index is 10.8. The van der Waals surface area contributed by atoms with E-state index in [2.05, 4.69) is 4.90 Å². The summed E-state index contributed by atoms with van der Waals surface area (Å²) in [6.07, 6.45) is 0.111. The van der Waals surface area contributed by atoms with E-state index in [4.69, 9.17) is 10.5 Å². The minimum atomic E-state index is -0.467. The second-order valence-corrected chi connectivity index (χ2v) is 5.57. The number of nitrogens with zero attached hydrogens (tertiary/aromatic N) is 2. The van der Waals surface area contributed by atoms with Gasteiger partial charge in [-0.25, -0.2) is 0 Å². The number of benzene rings is 1. The van der Waals surface area contributed by atoms with Gasteiger partial charge in [0, 0.05) is 24.8 Å². The Balaban J connectivity index is 2.27. The zero-order valence-electron chi connectivity index (χ0n) is 11.4. The second kappa shape index (κ2) is 4.70. The van der Waals surface area contributed by atoms with Gasteiger partial charge in [-0.05, 0) is 32.9 Å². The standard InChI is InChI=1S/C13H19N3O3/c1-9-7-15(8-13(2,3)19-9)10-4-5-12(16(17)18)11(14)6-10/h4-6,9H,7-8,14H2,1-3H3. The molecule has 0 spiro atoms. The van der Waals surface area contributed by atoms with E-state index in [1.165, 1.54) is 6.07 Å². The van der Waals surface area contributed by atoms with Crippen molar-refractivity contribution in [1.82, 2.24) is 0 Å². The van der Waals surface area contributed by atoms with Crippen LogP contribution < -0.4 is 10.6 Å². The fourth-order valence-electron chi connectivity index (χ4n) is 2.56. The summed E-state index contributed by atoms with van der Waals surface area (Å²) in [5.41, 5.74) is 6.53. The molecule has 6 nitrogen and oxygen atoms in total. The van der Waals surface area contributed by atoms with Gasteiger partial charge in [0.2, 0.25) is 0 Å². The van der Waals surface area contributed by atoms with Gasteiger partial charge in [0.1, 0.15) is 5.69 Å². The second-order valence-electron chi connectivity index (χ2n) is 5.57. The molecule has 1 aliphatic rings. The monoisotopic (exact) mass is 265 g/mol. The van der Waals surface area contributed by atoms with Crippen LogP contribution in [-0.2, 0) is 4.74 Å². The summed E-state index contributed by atoms with van der Waals surface area (Å²) in [5, 5.41) is 10.8. The predicted molar refractivity (Wildman–Crippen MR) is 74.3 cm³/mol. The Morgan fingerprint density at radius 2 is 2.21 bits per heavy atom. The number of nitro benzene ring substituents is 1. The SMILES string of the molecule is CC1CN(c2ccc([N+](=O)[O-])c(N)c2)CC(C)(C)O1. The molecular weight excluding hydrogens is 246 g/mol. The lowest BCUT2D eigenvalue weighted by molar-refractivity contribution is -0.383. The maximum absolute atomic E-state index is 10.8.